The number of rotatable bonds is 2. The SMILES string of the molecule is CC1(C)O[C@@]2(CC3=CCC[C@]45C[C@]34[C@@H](O[C@@H]5c3ccoc3)O2)C[C@H]1[C@]1(C)C=CC(=O)O1. The van der Waals surface area contributed by atoms with Gasteiger partial charge >= 0.3 is 5.97 Å². The maximum atomic E-state index is 11.9. The van der Waals surface area contributed by atoms with Crippen LogP contribution in [0.1, 0.15) is 64.5 Å². The molecule has 4 aliphatic heterocycles. The number of allylic oxidation sites excluding steroid dienone is 1. The maximum absolute atomic E-state index is 11.9. The molecule has 1 aromatic rings. The largest absolute Gasteiger partial charge is 0.472 e. The fourth-order valence-corrected chi connectivity index (χ4v) is 7.82. The quantitative estimate of drug-likeness (QED) is 0.512. The van der Waals surface area contributed by atoms with Crippen LogP contribution >= 0.6 is 0 Å². The van der Waals surface area contributed by atoms with Crippen molar-refractivity contribution in [1.29, 1.82) is 0 Å². The van der Waals surface area contributed by atoms with Gasteiger partial charge in [0.05, 0.1) is 29.6 Å². The van der Waals surface area contributed by atoms with Crippen molar-refractivity contribution in [1.82, 2.24) is 0 Å². The second kappa shape index (κ2) is 5.36. The Bertz CT molecular complexity index is 1040. The molecule has 0 amide bonds. The van der Waals surface area contributed by atoms with Crippen molar-refractivity contribution in [3.63, 3.8) is 0 Å². The Hall–Kier alpha value is -1.89. The van der Waals surface area contributed by atoms with Crippen molar-refractivity contribution in [3.8, 4) is 0 Å². The highest BCUT2D eigenvalue weighted by molar-refractivity contribution is 5.85. The summed E-state index contributed by atoms with van der Waals surface area (Å²) in [6.45, 7) is 6.12. The maximum Gasteiger partial charge on any atom is 0.331 e. The summed E-state index contributed by atoms with van der Waals surface area (Å²) in [5.41, 5.74) is 1.41. The van der Waals surface area contributed by atoms with Gasteiger partial charge in [0.25, 0.3) is 0 Å². The lowest BCUT2D eigenvalue weighted by atomic mass is 9.71. The van der Waals surface area contributed by atoms with Crippen molar-refractivity contribution in [2.24, 2.45) is 16.7 Å². The highest BCUT2D eigenvalue weighted by Crippen LogP contribution is 2.85. The van der Waals surface area contributed by atoms with Crippen LogP contribution < -0.4 is 0 Å². The van der Waals surface area contributed by atoms with Crippen LogP contribution in [0.25, 0.3) is 0 Å². The topological polar surface area (TPSA) is 67.1 Å². The van der Waals surface area contributed by atoms with E-state index in [9.17, 15) is 4.79 Å². The molecule has 1 aromatic heterocycles. The van der Waals surface area contributed by atoms with Gasteiger partial charge in [-0.25, -0.2) is 4.79 Å². The molecule has 0 N–H and O–H groups in total. The van der Waals surface area contributed by atoms with E-state index in [4.69, 9.17) is 23.4 Å². The molecule has 6 nitrogen and oxygen atoms in total. The van der Waals surface area contributed by atoms with Gasteiger partial charge in [-0.3, -0.25) is 0 Å². The van der Waals surface area contributed by atoms with Crippen molar-refractivity contribution < 1.29 is 28.2 Å². The lowest BCUT2D eigenvalue weighted by molar-refractivity contribution is -0.334. The van der Waals surface area contributed by atoms with E-state index >= 15 is 0 Å². The first kappa shape index (κ1) is 18.7. The molecule has 31 heavy (non-hydrogen) atoms. The average Bonchev–Trinajstić information content (AvgIpc) is 3.09. The highest BCUT2D eigenvalue weighted by atomic mass is 16.8. The van der Waals surface area contributed by atoms with Gasteiger partial charge in [-0.05, 0) is 52.2 Å². The van der Waals surface area contributed by atoms with E-state index in [0.29, 0.717) is 6.42 Å². The first-order valence-electron chi connectivity index (χ1n) is 11.4. The summed E-state index contributed by atoms with van der Waals surface area (Å²) >= 11 is 0. The Labute approximate surface area is 181 Å². The van der Waals surface area contributed by atoms with Gasteiger partial charge in [0.2, 0.25) is 0 Å². The number of hydrogen-bond acceptors (Lipinski definition) is 6. The molecular weight excluding hydrogens is 396 g/mol. The predicted molar refractivity (Wildman–Crippen MR) is 108 cm³/mol. The molecule has 6 heteroatoms. The van der Waals surface area contributed by atoms with Gasteiger partial charge in [-0.2, -0.15) is 0 Å². The molecular formula is C25H28O6. The number of ether oxygens (including phenoxy) is 4. The van der Waals surface area contributed by atoms with Crippen LogP contribution in [-0.4, -0.2) is 29.2 Å². The summed E-state index contributed by atoms with van der Waals surface area (Å²) < 4.78 is 31.2. The van der Waals surface area contributed by atoms with Gasteiger partial charge in [0, 0.05) is 35.8 Å². The standard InChI is InChI=1S/C25H28O6/c1-21(2)17(22(3)9-6-18(26)29-22)12-24(31-21)11-16-5-4-8-23-14-25(16,23)20(30-24)28-19(23)15-7-10-27-13-15/h5-7,9-10,13,17,19-20H,4,8,11-12,14H2,1-3H3/t17-,19-,20+,22+,23-,24+,25-/m1/s1. The number of carbonyl (C=O) groups is 1. The van der Waals surface area contributed by atoms with Gasteiger partial charge in [0.1, 0.15) is 5.60 Å². The Morgan fingerprint density at radius 1 is 1.19 bits per heavy atom. The van der Waals surface area contributed by atoms with Crippen LogP contribution in [0.15, 0.2) is 46.8 Å². The van der Waals surface area contributed by atoms with Crippen LogP contribution in [0.4, 0.5) is 0 Å². The second-order valence-electron chi connectivity index (χ2n) is 11.1. The molecule has 5 heterocycles. The van der Waals surface area contributed by atoms with Crippen LogP contribution in [0.3, 0.4) is 0 Å². The Morgan fingerprint density at radius 3 is 2.81 bits per heavy atom. The van der Waals surface area contributed by atoms with Crippen LogP contribution in [0, 0.1) is 16.7 Å². The molecule has 6 aliphatic rings. The van der Waals surface area contributed by atoms with E-state index in [1.54, 1.807) is 6.26 Å². The minimum atomic E-state index is -0.765. The van der Waals surface area contributed by atoms with Crippen LogP contribution in [-0.2, 0) is 23.7 Å². The molecule has 0 radical (unpaired) electrons. The first-order valence-corrected chi connectivity index (χ1v) is 11.4. The van der Waals surface area contributed by atoms with Crippen LogP contribution in [0.5, 0.6) is 0 Å². The Kier molecular flexibility index (Phi) is 3.22. The molecule has 3 saturated heterocycles. The monoisotopic (exact) mass is 424 g/mol. The summed E-state index contributed by atoms with van der Waals surface area (Å²) in [5, 5.41) is 0. The molecule has 7 atom stereocenters. The number of furan rings is 1. The van der Waals surface area contributed by atoms with Gasteiger partial charge in [-0.1, -0.05) is 11.6 Å². The van der Waals surface area contributed by atoms with E-state index in [1.165, 1.54) is 11.6 Å². The lowest BCUT2D eigenvalue weighted by Gasteiger charge is -2.44. The van der Waals surface area contributed by atoms with Crippen molar-refractivity contribution >= 4 is 5.97 Å². The van der Waals surface area contributed by atoms with E-state index in [2.05, 4.69) is 19.9 Å². The number of cyclic esters (lactones) is 1. The summed E-state index contributed by atoms with van der Waals surface area (Å²) in [7, 11) is 0. The molecule has 2 aliphatic carbocycles. The zero-order chi connectivity index (χ0) is 21.3. The van der Waals surface area contributed by atoms with Gasteiger partial charge < -0.3 is 23.4 Å². The first-order chi connectivity index (χ1) is 14.7. The predicted octanol–water partition coefficient (Wildman–Crippen LogP) is 4.58. The van der Waals surface area contributed by atoms with Crippen molar-refractivity contribution in [3.05, 3.63) is 48.0 Å². The van der Waals surface area contributed by atoms with Crippen molar-refractivity contribution in [2.45, 2.75) is 82.3 Å². The molecule has 2 spiro atoms. The molecule has 1 saturated carbocycles. The normalized spacial score (nSPS) is 50.9. The number of hydrogen-bond donors (Lipinski definition) is 0. The third-order valence-corrected chi connectivity index (χ3v) is 9.07. The van der Waals surface area contributed by atoms with E-state index < -0.39 is 17.0 Å². The van der Waals surface area contributed by atoms with Gasteiger partial charge in [0.15, 0.2) is 12.1 Å². The molecule has 164 valence electrons. The minimum absolute atomic E-state index is 0.00320. The Morgan fingerprint density at radius 2 is 2.06 bits per heavy atom. The third kappa shape index (κ3) is 2.12. The second-order valence-corrected chi connectivity index (χ2v) is 11.1. The molecule has 0 aromatic carbocycles. The molecule has 4 fully saturated rings. The minimum Gasteiger partial charge on any atom is -0.472 e. The average molecular weight is 424 g/mol. The van der Waals surface area contributed by atoms with Crippen LogP contribution in [0.2, 0.25) is 0 Å². The summed E-state index contributed by atoms with van der Waals surface area (Å²) in [5.74, 6) is -1.07. The zero-order valence-corrected chi connectivity index (χ0v) is 18.2. The number of carbonyl (C=O) groups excluding carboxylic acids is 1. The van der Waals surface area contributed by atoms with Crippen molar-refractivity contribution in [2.75, 3.05) is 0 Å². The highest BCUT2D eigenvalue weighted by Gasteiger charge is 2.84. The smallest absolute Gasteiger partial charge is 0.331 e. The Balaban J connectivity index is 1.25. The summed E-state index contributed by atoms with van der Waals surface area (Å²) in [6, 6.07) is 2.02. The number of esters is 1. The summed E-state index contributed by atoms with van der Waals surface area (Å²) in [6.07, 6.45) is 13.7. The van der Waals surface area contributed by atoms with Gasteiger partial charge in [-0.15, -0.1) is 0 Å². The van der Waals surface area contributed by atoms with E-state index in [1.807, 2.05) is 25.3 Å². The van der Waals surface area contributed by atoms with E-state index in [0.717, 1.165) is 31.2 Å². The third-order valence-electron chi connectivity index (χ3n) is 9.07. The zero-order valence-electron chi connectivity index (χ0n) is 18.2. The fourth-order valence-electron chi connectivity index (χ4n) is 7.82. The fraction of sp³-hybridized carbons (Fsp3) is 0.640. The lowest BCUT2D eigenvalue weighted by Crippen LogP contribution is -2.48. The molecule has 0 bridgehead atoms. The summed E-state index contributed by atoms with van der Waals surface area (Å²) in [4.78, 5) is 11.9. The molecule has 0 unspecified atom stereocenters. The molecule has 7 rings (SSSR count). The van der Waals surface area contributed by atoms with E-state index in [-0.39, 0.29) is 35.1 Å².